The van der Waals surface area contributed by atoms with Gasteiger partial charge in [0.05, 0.1) is 11.7 Å². The van der Waals surface area contributed by atoms with Gasteiger partial charge in [-0.1, -0.05) is 13.8 Å². The van der Waals surface area contributed by atoms with Crippen LogP contribution < -0.4 is 5.73 Å². The topological polar surface area (TPSA) is 35.2 Å². The number of ether oxygens (including phenoxy) is 1. The molecule has 2 rings (SSSR count). The van der Waals surface area contributed by atoms with Gasteiger partial charge in [-0.25, -0.2) is 0 Å². The molecule has 1 saturated carbocycles. The van der Waals surface area contributed by atoms with Crippen molar-refractivity contribution in [1.82, 2.24) is 0 Å². The van der Waals surface area contributed by atoms with E-state index in [1.54, 1.807) is 0 Å². The first-order valence-electron chi connectivity index (χ1n) is 7.76. The van der Waals surface area contributed by atoms with Gasteiger partial charge in [0.25, 0.3) is 0 Å². The van der Waals surface area contributed by atoms with E-state index in [1.807, 2.05) is 0 Å². The van der Waals surface area contributed by atoms with Crippen molar-refractivity contribution in [3.8, 4) is 0 Å². The molecule has 1 atom stereocenters. The largest absolute Gasteiger partial charge is 0.372 e. The molecule has 0 aromatic carbocycles. The highest BCUT2D eigenvalue weighted by atomic mass is 16.5. The van der Waals surface area contributed by atoms with E-state index < -0.39 is 0 Å². The van der Waals surface area contributed by atoms with E-state index in [9.17, 15) is 0 Å². The van der Waals surface area contributed by atoms with E-state index in [1.165, 1.54) is 38.5 Å². The van der Waals surface area contributed by atoms with E-state index >= 15 is 0 Å². The minimum atomic E-state index is 0.0521. The summed E-state index contributed by atoms with van der Waals surface area (Å²) in [4.78, 5) is 0. The Bertz CT molecular complexity index is 277. The van der Waals surface area contributed by atoms with Gasteiger partial charge in [-0.2, -0.15) is 0 Å². The smallest absolute Gasteiger partial charge is 0.0631 e. The van der Waals surface area contributed by atoms with Crippen LogP contribution >= 0.6 is 0 Å². The molecule has 1 aliphatic carbocycles. The van der Waals surface area contributed by atoms with Crippen LogP contribution in [0, 0.1) is 11.8 Å². The standard InChI is InChI=1S/C16H31NO/c1-12(2)13-5-9-16(17,10-6-13)11-14-7-8-15(3,4)18-14/h12-14H,5-11,17H2,1-4H3. The molecule has 1 unspecified atom stereocenters. The molecule has 2 heteroatoms. The Hall–Kier alpha value is -0.0800. The Labute approximate surface area is 113 Å². The number of hydrogen-bond donors (Lipinski definition) is 1. The van der Waals surface area contributed by atoms with Gasteiger partial charge in [-0.05, 0) is 70.6 Å². The zero-order chi connectivity index (χ0) is 13.4. The molecule has 18 heavy (non-hydrogen) atoms. The van der Waals surface area contributed by atoms with Gasteiger partial charge in [-0.3, -0.25) is 0 Å². The van der Waals surface area contributed by atoms with E-state index in [2.05, 4.69) is 27.7 Å². The lowest BCUT2D eigenvalue weighted by Gasteiger charge is -2.40. The summed E-state index contributed by atoms with van der Waals surface area (Å²) in [6.07, 6.45) is 8.85. The van der Waals surface area contributed by atoms with Gasteiger partial charge < -0.3 is 10.5 Å². The second kappa shape index (κ2) is 5.13. The van der Waals surface area contributed by atoms with E-state index in [4.69, 9.17) is 10.5 Å². The molecule has 0 amide bonds. The van der Waals surface area contributed by atoms with E-state index in [0.717, 1.165) is 18.3 Å². The minimum absolute atomic E-state index is 0.0521. The fourth-order valence-corrected chi connectivity index (χ4v) is 3.76. The lowest BCUT2D eigenvalue weighted by Crippen LogP contribution is -2.46. The molecule has 0 aromatic rings. The summed E-state index contributed by atoms with van der Waals surface area (Å²) < 4.78 is 6.11. The third-order valence-electron chi connectivity index (χ3n) is 5.16. The van der Waals surface area contributed by atoms with Crippen LogP contribution in [0.15, 0.2) is 0 Å². The van der Waals surface area contributed by atoms with Gasteiger partial charge in [0.1, 0.15) is 0 Å². The van der Waals surface area contributed by atoms with Gasteiger partial charge in [-0.15, -0.1) is 0 Å². The second-order valence-electron chi connectivity index (χ2n) is 7.69. The Morgan fingerprint density at radius 2 is 1.72 bits per heavy atom. The van der Waals surface area contributed by atoms with Crippen molar-refractivity contribution in [1.29, 1.82) is 0 Å². The van der Waals surface area contributed by atoms with Crippen LogP contribution in [0.5, 0.6) is 0 Å². The second-order valence-corrected chi connectivity index (χ2v) is 7.69. The predicted molar refractivity (Wildman–Crippen MR) is 76.5 cm³/mol. The zero-order valence-electron chi connectivity index (χ0n) is 12.7. The lowest BCUT2D eigenvalue weighted by atomic mass is 9.71. The Kier molecular flexibility index (Phi) is 4.08. The summed E-state index contributed by atoms with van der Waals surface area (Å²) in [7, 11) is 0. The highest BCUT2D eigenvalue weighted by molar-refractivity contribution is 4.94. The van der Waals surface area contributed by atoms with Crippen LogP contribution in [0.2, 0.25) is 0 Å². The van der Waals surface area contributed by atoms with E-state index in [0.29, 0.717) is 6.10 Å². The molecule has 1 heterocycles. The average Bonchev–Trinajstić information content (AvgIpc) is 2.57. The summed E-state index contributed by atoms with van der Waals surface area (Å²) >= 11 is 0. The summed E-state index contributed by atoms with van der Waals surface area (Å²) in [5.74, 6) is 1.71. The molecular formula is C16H31NO. The van der Waals surface area contributed by atoms with Crippen LogP contribution in [0.4, 0.5) is 0 Å². The molecule has 0 spiro atoms. The fraction of sp³-hybridized carbons (Fsp3) is 1.00. The molecule has 2 N–H and O–H groups in total. The molecule has 2 fully saturated rings. The van der Waals surface area contributed by atoms with Crippen LogP contribution in [0.1, 0.15) is 72.6 Å². The molecule has 106 valence electrons. The maximum absolute atomic E-state index is 6.61. The van der Waals surface area contributed by atoms with E-state index in [-0.39, 0.29) is 11.1 Å². The summed E-state index contributed by atoms with van der Waals surface area (Å²) in [6.45, 7) is 9.09. The first-order valence-corrected chi connectivity index (χ1v) is 7.76. The molecule has 1 saturated heterocycles. The van der Waals surface area contributed by atoms with Gasteiger partial charge in [0, 0.05) is 5.54 Å². The minimum Gasteiger partial charge on any atom is -0.372 e. The van der Waals surface area contributed by atoms with Crippen molar-refractivity contribution in [3.05, 3.63) is 0 Å². The number of nitrogens with two attached hydrogens (primary N) is 1. The van der Waals surface area contributed by atoms with Crippen molar-refractivity contribution in [3.63, 3.8) is 0 Å². The zero-order valence-corrected chi connectivity index (χ0v) is 12.7. The van der Waals surface area contributed by atoms with Crippen molar-refractivity contribution in [2.45, 2.75) is 89.9 Å². The highest BCUT2D eigenvalue weighted by Crippen LogP contribution is 2.40. The maximum Gasteiger partial charge on any atom is 0.0631 e. The molecule has 0 aromatic heterocycles. The van der Waals surface area contributed by atoms with Crippen molar-refractivity contribution < 1.29 is 4.74 Å². The molecule has 0 radical (unpaired) electrons. The summed E-state index contributed by atoms with van der Waals surface area (Å²) in [5.41, 5.74) is 6.74. The third-order valence-corrected chi connectivity index (χ3v) is 5.16. The SMILES string of the molecule is CC(C)C1CCC(N)(CC2CCC(C)(C)O2)CC1. The quantitative estimate of drug-likeness (QED) is 0.828. The molecule has 2 aliphatic rings. The Balaban J connectivity index is 1.83. The van der Waals surface area contributed by atoms with Crippen molar-refractivity contribution in [2.24, 2.45) is 17.6 Å². The van der Waals surface area contributed by atoms with Crippen LogP contribution in [-0.4, -0.2) is 17.2 Å². The summed E-state index contributed by atoms with van der Waals surface area (Å²) in [6, 6.07) is 0. The van der Waals surface area contributed by atoms with Crippen molar-refractivity contribution in [2.75, 3.05) is 0 Å². The average molecular weight is 253 g/mol. The lowest BCUT2D eigenvalue weighted by molar-refractivity contribution is -0.0310. The van der Waals surface area contributed by atoms with Crippen LogP contribution in [0.25, 0.3) is 0 Å². The maximum atomic E-state index is 6.61. The van der Waals surface area contributed by atoms with Gasteiger partial charge in [0.15, 0.2) is 0 Å². The molecule has 2 nitrogen and oxygen atoms in total. The third kappa shape index (κ3) is 3.48. The normalized spacial score (nSPS) is 40.3. The van der Waals surface area contributed by atoms with Gasteiger partial charge in [0.2, 0.25) is 0 Å². The first-order chi connectivity index (χ1) is 8.30. The predicted octanol–water partition coefficient (Wildman–Crippen LogP) is 3.88. The highest BCUT2D eigenvalue weighted by Gasteiger charge is 2.39. The molecular weight excluding hydrogens is 222 g/mol. The Morgan fingerprint density at radius 1 is 1.11 bits per heavy atom. The Morgan fingerprint density at radius 3 is 2.17 bits per heavy atom. The van der Waals surface area contributed by atoms with Crippen LogP contribution in [-0.2, 0) is 4.74 Å². The van der Waals surface area contributed by atoms with Crippen LogP contribution in [0.3, 0.4) is 0 Å². The van der Waals surface area contributed by atoms with Crippen molar-refractivity contribution >= 4 is 0 Å². The number of rotatable bonds is 3. The first kappa shape index (κ1) is 14.3. The molecule has 0 bridgehead atoms. The fourth-order valence-electron chi connectivity index (χ4n) is 3.76. The van der Waals surface area contributed by atoms with Gasteiger partial charge >= 0.3 is 0 Å². The monoisotopic (exact) mass is 253 g/mol. The molecule has 1 aliphatic heterocycles. The number of hydrogen-bond acceptors (Lipinski definition) is 2. The summed E-state index contributed by atoms with van der Waals surface area (Å²) in [5, 5.41) is 0.